The van der Waals surface area contributed by atoms with Gasteiger partial charge in [-0.1, -0.05) is 57.8 Å². The number of ketones is 1. The van der Waals surface area contributed by atoms with Crippen LogP contribution < -0.4 is 0 Å². The van der Waals surface area contributed by atoms with Crippen LogP contribution in [0, 0.1) is 0 Å². The normalized spacial score (nSPS) is 21.7. The van der Waals surface area contributed by atoms with Crippen LogP contribution in [0.4, 0.5) is 0 Å². The van der Waals surface area contributed by atoms with Crippen molar-refractivity contribution in [3.05, 3.63) is 24.0 Å². The summed E-state index contributed by atoms with van der Waals surface area (Å²) in [6.07, 6.45) is 20.2. The zero-order chi connectivity index (χ0) is 18.7. The molecule has 0 atom stereocenters. The minimum atomic E-state index is 0.129. The molecule has 1 aromatic rings. The number of hydrogen-bond acceptors (Lipinski definition) is 4. The lowest BCUT2D eigenvalue weighted by molar-refractivity contribution is -0.113. The number of Topliss-reactive ketones (excluding diaryl/α,β-unsaturated/α-hetero) is 1. The maximum Gasteiger partial charge on any atom is 0.179 e. The molecule has 3 heterocycles. The summed E-state index contributed by atoms with van der Waals surface area (Å²) in [6, 6.07) is 0. The second-order valence-electron chi connectivity index (χ2n) is 7.72. The van der Waals surface area contributed by atoms with E-state index >= 15 is 0 Å². The number of nitrogens with zero attached hydrogens (tertiary/aromatic N) is 3. The van der Waals surface area contributed by atoms with E-state index in [9.17, 15) is 4.79 Å². The van der Waals surface area contributed by atoms with E-state index in [4.69, 9.17) is 4.74 Å². The molecule has 0 spiro atoms. The molecule has 27 heavy (non-hydrogen) atoms. The Balaban J connectivity index is 1.67. The molecule has 2 aliphatic heterocycles. The lowest BCUT2D eigenvalue weighted by atomic mass is 10.0. The minimum absolute atomic E-state index is 0.129. The van der Waals surface area contributed by atoms with Crippen LogP contribution in [0.2, 0.25) is 0 Å². The molecule has 5 heteroatoms. The van der Waals surface area contributed by atoms with Crippen molar-refractivity contribution in [2.45, 2.75) is 83.6 Å². The summed E-state index contributed by atoms with van der Waals surface area (Å²) in [5, 5.41) is 4.48. The van der Waals surface area contributed by atoms with Crippen LogP contribution in [-0.2, 0) is 16.1 Å². The number of carbonyl (C=O) groups is 1. The molecule has 0 aromatic carbocycles. The Morgan fingerprint density at radius 1 is 0.889 bits per heavy atom. The zero-order valence-electron chi connectivity index (χ0n) is 16.5. The first-order valence-corrected chi connectivity index (χ1v) is 10.7. The monoisotopic (exact) mass is 371 g/mol. The molecule has 0 fully saturated rings. The standard InChI is InChI=1S/C22H33N3O2/c26-22-12-10-8-6-4-2-1-3-5-7-9-11-14-25-17-19(16-23-25)20-13-15-27-18-21(22)24-20/h13,16-17H,1-12,14-15,18H2. The van der Waals surface area contributed by atoms with Gasteiger partial charge >= 0.3 is 0 Å². The lowest BCUT2D eigenvalue weighted by Gasteiger charge is -2.06. The van der Waals surface area contributed by atoms with Gasteiger partial charge in [-0.2, -0.15) is 5.10 Å². The van der Waals surface area contributed by atoms with E-state index in [1.54, 1.807) is 0 Å². The molecule has 4 bridgehead atoms. The number of ether oxygens (including phenoxy) is 1. The van der Waals surface area contributed by atoms with E-state index in [1.165, 1.54) is 51.4 Å². The van der Waals surface area contributed by atoms with Crippen molar-refractivity contribution in [2.75, 3.05) is 13.2 Å². The first-order chi connectivity index (χ1) is 13.3. The molecule has 0 N–H and O–H groups in total. The summed E-state index contributed by atoms with van der Waals surface area (Å²) in [6.45, 7) is 1.74. The topological polar surface area (TPSA) is 56.5 Å². The molecule has 3 rings (SSSR count). The molecule has 2 aliphatic rings. The van der Waals surface area contributed by atoms with Gasteiger partial charge in [-0.05, 0) is 18.9 Å². The van der Waals surface area contributed by atoms with E-state index in [1.807, 2.05) is 23.2 Å². The van der Waals surface area contributed by atoms with Crippen LogP contribution in [0.25, 0.3) is 5.70 Å². The number of aliphatic imine (C=N–C) groups is 1. The lowest BCUT2D eigenvalue weighted by Crippen LogP contribution is -2.19. The van der Waals surface area contributed by atoms with Gasteiger partial charge in [-0.15, -0.1) is 0 Å². The highest BCUT2D eigenvalue weighted by atomic mass is 16.5. The zero-order valence-corrected chi connectivity index (χ0v) is 16.5. The summed E-state index contributed by atoms with van der Waals surface area (Å²) in [5.74, 6) is 0.129. The Labute approximate surface area is 162 Å². The summed E-state index contributed by atoms with van der Waals surface area (Å²) < 4.78 is 7.57. The highest BCUT2D eigenvalue weighted by molar-refractivity contribution is 6.41. The molecule has 0 saturated carbocycles. The Hall–Kier alpha value is -1.75. The van der Waals surface area contributed by atoms with Crippen molar-refractivity contribution in [1.82, 2.24) is 9.78 Å². The fraction of sp³-hybridized carbons (Fsp3) is 0.682. The third kappa shape index (κ3) is 6.73. The van der Waals surface area contributed by atoms with Crippen LogP contribution in [0.5, 0.6) is 0 Å². The first kappa shape index (κ1) is 20.0. The second-order valence-corrected chi connectivity index (χ2v) is 7.72. The minimum Gasteiger partial charge on any atom is -0.371 e. The predicted molar refractivity (Wildman–Crippen MR) is 109 cm³/mol. The molecule has 0 radical (unpaired) electrons. The molecule has 0 aliphatic carbocycles. The van der Waals surface area contributed by atoms with Crippen LogP contribution in [0.3, 0.4) is 0 Å². The summed E-state index contributed by atoms with van der Waals surface area (Å²) >= 11 is 0. The van der Waals surface area contributed by atoms with Gasteiger partial charge in [0.25, 0.3) is 0 Å². The summed E-state index contributed by atoms with van der Waals surface area (Å²) in [4.78, 5) is 17.2. The Kier molecular flexibility index (Phi) is 8.28. The molecule has 0 unspecified atom stereocenters. The number of rotatable bonds is 0. The molecule has 5 nitrogen and oxygen atoms in total. The fourth-order valence-corrected chi connectivity index (χ4v) is 3.75. The van der Waals surface area contributed by atoms with Crippen molar-refractivity contribution in [3.63, 3.8) is 0 Å². The number of hydrogen-bond donors (Lipinski definition) is 0. The van der Waals surface area contributed by atoms with Gasteiger partial charge in [0.1, 0.15) is 5.71 Å². The van der Waals surface area contributed by atoms with Gasteiger partial charge in [0, 0.05) is 24.7 Å². The largest absolute Gasteiger partial charge is 0.371 e. The van der Waals surface area contributed by atoms with E-state index in [0.717, 1.165) is 37.1 Å². The van der Waals surface area contributed by atoms with Gasteiger partial charge in [0.05, 0.1) is 25.1 Å². The molecule has 0 saturated heterocycles. The maximum absolute atomic E-state index is 12.6. The molecule has 0 amide bonds. The van der Waals surface area contributed by atoms with E-state index in [2.05, 4.69) is 10.1 Å². The van der Waals surface area contributed by atoms with E-state index in [-0.39, 0.29) is 5.78 Å². The highest BCUT2D eigenvalue weighted by Crippen LogP contribution is 2.19. The third-order valence-corrected chi connectivity index (χ3v) is 5.43. The van der Waals surface area contributed by atoms with E-state index < -0.39 is 0 Å². The van der Waals surface area contributed by atoms with Crippen molar-refractivity contribution in [1.29, 1.82) is 0 Å². The smallest absolute Gasteiger partial charge is 0.179 e. The van der Waals surface area contributed by atoms with Crippen LogP contribution in [0.1, 0.15) is 82.6 Å². The van der Waals surface area contributed by atoms with Crippen molar-refractivity contribution in [2.24, 2.45) is 4.99 Å². The quantitative estimate of drug-likeness (QED) is 0.648. The van der Waals surface area contributed by atoms with Crippen molar-refractivity contribution in [3.8, 4) is 0 Å². The third-order valence-electron chi connectivity index (χ3n) is 5.43. The maximum atomic E-state index is 12.6. The van der Waals surface area contributed by atoms with Crippen LogP contribution in [-0.4, -0.2) is 34.5 Å². The molecular formula is C22H33N3O2. The van der Waals surface area contributed by atoms with Crippen molar-refractivity contribution < 1.29 is 9.53 Å². The number of aryl methyl sites for hydroxylation is 1. The number of fused-ring (bicyclic) bond motifs is 4. The molecular weight excluding hydrogens is 338 g/mol. The Morgan fingerprint density at radius 2 is 1.56 bits per heavy atom. The first-order valence-electron chi connectivity index (χ1n) is 10.7. The molecule has 148 valence electrons. The van der Waals surface area contributed by atoms with Gasteiger partial charge in [-0.3, -0.25) is 9.48 Å². The Bertz CT molecular complexity index is 660. The van der Waals surface area contributed by atoms with Crippen molar-refractivity contribution >= 4 is 17.2 Å². The van der Waals surface area contributed by atoms with Gasteiger partial charge < -0.3 is 4.74 Å². The summed E-state index contributed by atoms with van der Waals surface area (Å²) in [5.41, 5.74) is 2.35. The highest BCUT2D eigenvalue weighted by Gasteiger charge is 2.16. The van der Waals surface area contributed by atoms with Gasteiger partial charge in [0.15, 0.2) is 5.78 Å². The SMILES string of the molecule is O=C1CCCCCCCCCCCCCn2cc(cn2)C2=CCOCC1=N2. The number of carbonyl (C=O) groups excluding carboxylic acids is 1. The predicted octanol–water partition coefficient (Wildman–Crippen LogP) is 4.96. The molecule has 1 aromatic heterocycles. The fourth-order valence-electron chi connectivity index (χ4n) is 3.75. The number of aromatic nitrogens is 2. The second kappa shape index (κ2) is 11.2. The Morgan fingerprint density at radius 3 is 2.30 bits per heavy atom. The van der Waals surface area contributed by atoms with Gasteiger partial charge in [0.2, 0.25) is 0 Å². The van der Waals surface area contributed by atoms with Gasteiger partial charge in [-0.25, -0.2) is 4.99 Å². The van der Waals surface area contributed by atoms with E-state index in [0.29, 0.717) is 25.3 Å². The summed E-state index contributed by atoms with van der Waals surface area (Å²) in [7, 11) is 0. The van der Waals surface area contributed by atoms with Crippen LogP contribution >= 0.6 is 0 Å². The van der Waals surface area contributed by atoms with Crippen LogP contribution in [0.15, 0.2) is 23.5 Å². The average Bonchev–Trinajstić information content (AvgIpc) is 3.00. The average molecular weight is 372 g/mol.